The molecule has 0 bridgehead atoms. The number of benzene rings is 3. The monoisotopic (exact) mass is 902 g/mol. The van der Waals surface area contributed by atoms with Crippen molar-refractivity contribution in [2.45, 2.75) is 92.8 Å². The third-order valence-electron chi connectivity index (χ3n) is 12.8. The first kappa shape index (κ1) is 44.4. The number of carbonyl (C=O) groups excluding carboxylic acids is 1. The summed E-state index contributed by atoms with van der Waals surface area (Å²) in [6.07, 6.45) is -9.22. The lowest BCUT2D eigenvalue weighted by molar-refractivity contribution is -0.329. The van der Waals surface area contributed by atoms with Crippen LogP contribution in [0.25, 0.3) is 0 Å². The Morgan fingerprint density at radius 3 is 2.54 bits per heavy atom. The first-order valence-electron chi connectivity index (χ1n) is 21.2. The van der Waals surface area contributed by atoms with Crippen LogP contribution in [0.3, 0.4) is 0 Å². The molecular weight excluding hydrogens is 853 g/mol. The number of aliphatic carboxylic acids is 1. The average Bonchev–Trinajstić information content (AvgIpc) is 3.96. The number of carbonyl (C=O) groups is 2. The van der Waals surface area contributed by atoms with Crippen LogP contribution in [-0.2, 0) is 38.4 Å². The topological polar surface area (TPSA) is 308 Å². The Hall–Kier alpha value is -5.81. The van der Waals surface area contributed by atoms with Crippen molar-refractivity contribution < 1.29 is 78.5 Å². The number of rotatable bonds is 15. The van der Waals surface area contributed by atoms with Gasteiger partial charge in [-0.15, -0.1) is 0 Å². The fourth-order valence-electron chi connectivity index (χ4n) is 9.84. The average molecular weight is 903 g/mol. The van der Waals surface area contributed by atoms with E-state index in [1.54, 1.807) is 18.3 Å². The van der Waals surface area contributed by atoms with Gasteiger partial charge in [-0.25, -0.2) is 0 Å². The zero-order valence-corrected chi connectivity index (χ0v) is 34.9. The third kappa shape index (κ3) is 7.93. The van der Waals surface area contributed by atoms with Crippen LogP contribution in [-0.4, -0.2) is 141 Å². The number of nitrogens with zero attached hydrogens (tertiary/aromatic N) is 2. The molecule has 9 atom stereocenters. The molecule has 0 unspecified atom stereocenters. The van der Waals surface area contributed by atoms with Crippen LogP contribution in [0.4, 0.5) is 0 Å². The van der Waals surface area contributed by atoms with E-state index in [0.717, 1.165) is 16.7 Å². The number of allylic oxidation sites excluding steroid dienone is 1. The predicted octanol–water partition coefficient (Wildman–Crippen LogP) is -0.230. The molecule has 3 aromatic rings. The van der Waals surface area contributed by atoms with Gasteiger partial charge in [0.25, 0.3) is 0 Å². The van der Waals surface area contributed by atoms with E-state index < -0.39 is 85.8 Å². The quantitative estimate of drug-likeness (QED) is 0.0541. The van der Waals surface area contributed by atoms with Crippen LogP contribution < -0.4 is 35.2 Å². The number of carboxylic acid groups (broad SMARTS) is 1. The van der Waals surface area contributed by atoms with E-state index in [9.17, 15) is 40.2 Å². The van der Waals surface area contributed by atoms with Gasteiger partial charge in [-0.3, -0.25) is 14.6 Å². The summed E-state index contributed by atoms with van der Waals surface area (Å²) in [5.74, 6) is -1.99. The molecule has 65 heavy (non-hydrogen) atoms. The lowest BCUT2D eigenvalue weighted by Gasteiger charge is -2.48. The first-order chi connectivity index (χ1) is 31.3. The highest BCUT2D eigenvalue weighted by Gasteiger charge is 2.60. The molecule has 11 N–H and O–H groups in total. The number of hydrogen-bond acceptors (Lipinski definition) is 19. The first-order valence-corrected chi connectivity index (χ1v) is 21.2. The Morgan fingerprint density at radius 2 is 1.82 bits per heavy atom. The Kier molecular flexibility index (Phi) is 12.2. The number of ether oxygens (including phenoxy) is 7. The highest BCUT2D eigenvalue weighted by molar-refractivity contribution is 5.90. The van der Waals surface area contributed by atoms with Gasteiger partial charge in [0.2, 0.25) is 12.0 Å². The molecule has 20 heteroatoms. The second-order valence-corrected chi connectivity index (χ2v) is 16.7. The van der Waals surface area contributed by atoms with Gasteiger partial charge in [-0.2, -0.15) is 0 Å². The number of aliphatic hydroxyl groups excluding tert-OH is 5. The lowest BCUT2D eigenvalue weighted by atomic mass is 9.78. The maximum Gasteiger partial charge on any atom is 0.317 e. The minimum absolute atomic E-state index is 0.0348. The minimum atomic E-state index is -2.29. The molecule has 346 valence electrons. The van der Waals surface area contributed by atoms with Gasteiger partial charge in [-0.05, 0) is 36.1 Å². The Morgan fingerprint density at radius 1 is 1.02 bits per heavy atom. The van der Waals surface area contributed by atoms with E-state index in [0.29, 0.717) is 52.5 Å². The smallest absolute Gasteiger partial charge is 0.317 e. The Labute approximate surface area is 371 Å². The number of aliphatic imine (C=N–C) groups is 1. The standard InChI is InChI=1S/C45H50N4O16/c46-43(47)41(63-32(55)16-31(53)54)40-36(56)42(57)45(58)10-8-23-25(18-49-17-22-9-11-48-35(22)26(49)19-51)34-30(15-28(23)62-44(45)65-40)61-29(14-21-4-2-1-3-5-21)33-24-6-7-27(60-20-52)38(59-13-12-50)37(24)64-39(33)34/h1-7,9,11,15,29,33,36,39-44,50-52,56-58H,8,10,12-14,16-20,46-47H2,(H,53,54)/t29-,33+,36+,39+,40-,41+,42-,44+,45+/m0/s1. The van der Waals surface area contributed by atoms with E-state index in [4.69, 9.17) is 49.7 Å². The number of carboxylic acids is 1. The normalized spacial score (nSPS) is 27.4. The van der Waals surface area contributed by atoms with E-state index in [-0.39, 0.29) is 56.5 Å². The third-order valence-corrected chi connectivity index (χ3v) is 12.8. The molecule has 9 rings (SSSR count). The van der Waals surface area contributed by atoms with Gasteiger partial charge in [0, 0.05) is 54.1 Å². The molecule has 0 spiro atoms. The molecule has 0 aliphatic carbocycles. The zero-order valence-electron chi connectivity index (χ0n) is 34.9. The fraction of sp³-hybridized carbons (Fsp3) is 0.444. The predicted molar refractivity (Wildman–Crippen MR) is 224 cm³/mol. The number of hydrogen-bond donors (Lipinski definition) is 9. The van der Waals surface area contributed by atoms with Crippen LogP contribution in [0, 0.1) is 0 Å². The van der Waals surface area contributed by atoms with Crippen molar-refractivity contribution in [1.29, 1.82) is 0 Å². The molecule has 6 heterocycles. The molecule has 3 aromatic carbocycles. The van der Waals surface area contributed by atoms with Gasteiger partial charge >= 0.3 is 11.9 Å². The molecule has 0 radical (unpaired) electrons. The second kappa shape index (κ2) is 17.9. The van der Waals surface area contributed by atoms with Gasteiger partial charge < -0.3 is 85.3 Å². The zero-order chi connectivity index (χ0) is 45.7. The van der Waals surface area contributed by atoms with Crippen LogP contribution >= 0.6 is 0 Å². The molecule has 0 aromatic heterocycles. The summed E-state index contributed by atoms with van der Waals surface area (Å²) in [5, 5.41) is 74.9. The number of aliphatic hydroxyl groups is 6. The molecule has 6 aliphatic heterocycles. The Balaban J connectivity index is 1.18. The van der Waals surface area contributed by atoms with E-state index in [2.05, 4.69) is 4.99 Å². The Bertz CT molecular complexity index is 2430. The SMILES string of the molecule is NC(N)[C@H](OC(=O)CC(=O)O)[C@H]1O[C@H]2Oc3cc4c(c(CN5CC6=CC=NC6=C5CO)c3CC[C@@]2(O)[C@@H](O)[C@@H]1O)[C@@H]1Oc2c(ccc(OCO)c2OCCO)[C@@H]1[C@H](Cc1ccccc1)O4. The summed E-state index contributed by atoms with van der Waals surface area (Å²) in [4.78, 5) is 30.3. The molecule has 0 saturated carbocycles. The molecular formula is C45H50N4O16. The van der Waals surface area contributed by atoms with Gasteiger partial charge in [0.15, 0.2) is 30.0 Å². The minimum Gasteiger partial charge on any atom is -0.489 e. The summed E-state index contributed by atoms with van der Waals surface area (Å²) in [7, 11) is 0. The summed E-state index contributed by atoms with van der Waals surface area (Å²) in [6, 6.07) is 14.8. The van der Waals surface area contributed by atoms with Crippen LogP contribution in [0.1, 0.15) is 52.7 Å². The lowest BCUT2D eigenvalue weighted by Crippen LogP contribution is -2.71. The van der Waals surface area contributed by atoms with Crippen molar-refractivity contribution in [3.05, 3.63) is 99.4 Å². The van der Waals surface area contributed by atoms with Crippen molar-refractivity contribution in [2.24, 2.45) is 16.5 Å². The van der Waals surface area contributed by atoms with Crippen molar-refractivity contribution >= 4 is 18.2 Å². The summed E-state index contributed by atoms with van der Waals surface area (Å²) in [6.45, 7) is -0.865. The maximum atomic E-state index is 12.5. The summed E-state index contributed by atoms with van der Waals surface area (Å²) in [5.41, 5.74) is 15.2. The van der Waals surface area contributed by atoms with Crippen LogP contribution in [0.5, 0.6) is 28.7 Å². The molecule has 6 aliphatic rings. The van der Waals surface area contributed by atoms with Crippen molar-refractivity contribution in [1.82, 2.24) is 4.90 Å². The number of esters is 1. The fourth-order valence-corrected chi connectivity index (χ4v) is 9.84. The van der Waals surface area contributed by atoms with Crippen LogP contribution in [0.2, 0.25) is 0 Å². The molecule has 1 saturated heterocycles. The van der Waals surface area contributed by atoms with Crippen molar-refractivity contribution in [3.63, 3.8) is 0 Å². The molecule has 1 fully saturated rings. The van der Waals surface area contributed by atoms with Gasteiger partial charge in [0.1, 0.15) is 55.0 Å². The van der Waals surface area contributed by atoms with E-state index in [1.165, 1.54) is 0 Å². The largest absolute Gasteiger partial charge is 0.489 e. The van der Waals surface area contributed by atoms with Gasteiger partial charge in [0.05, 0.1) is 36.7 Å². The van der Waals surface area contributed by atoms with E-state index in [1.807, 2.05) is 47.4 Å². The van der Waals surface area contributed by atoms with Gasteiger partial charge in [-0.1, -0.05) is 36.4 Å². The second-order valence-electron chi connectivity index (χ2n) is 16.7. The van der Waals surface area contributed by atoms with Crippen molar-refractivity contribution in [2.75, 3.05) is 33.2 Å². The number of fused-ring (bicyclic) bond motifs is 8. The van der Waals surface area contributed by atoms with Crippen LogP contribution in [0.15, 0.2) is 76.6 Å². The summed E-state index contributed by atoms with van der Waals surface area (Å²) < 4.78 is 43.6. The maximum absolute atomic E-state index is 12.5. The highest BCUT2D eigenvalue weighted by Crippen LogP contribution is 2.60. The summed E-state index contributed by atoms with van der Waals surface area (Å²) >= 11 is 0. The molecule has 0 amide bonds. The van der Waals surface area contributed by atoms with Crippen molar-refractivity contribution in [3.8, 4) is 28.7 Å². The number of nitrogens with two attached hydrogens (primary N) is 2. The van der Waals surface area contributed by atoms with E-state index >= 15 is 0 Å². The highest BCUT2D eigenvalue weighted by atomic mass is 16.7. The molecule has 20 nitrogen and oxygen atoms in total.